The van der Waals surface area contributed by atoms with E-state index < -0.39 is 0 Å². The van der Waals surface area contributed by atoms with Crippen molar-refractivity contribution in [1.82, 2.24) is 15.6 Å². The molecule has 3 rings (SSSR count). The van der Waals surface area contributed by atoms with Crippen molar-refractivity contribution in [3.8, 4) is 0 Å². The van der Waals surface area contributed by atoms with Crippen LogP contribution < -0.4 is 10.6 Å². The Hall–Kier alpha value is -3.47. The van der Waals surface area contributed by atoms with Crippen LogP contribution in [0.5, 0.6) is 0 Å². The molecular formula is C23H23N3O2. The van der Waals surface area contributed by atoms with E-state index in [0.29, 0.717) is 6.54 Å². The molecule has 0 radical (unpaired) electrons. The second kappa shape index (κ2) is 10.0. The van der Waals surface area contributed by atoms with E-state index >= 15 is 0 Å². The van der Waals surface area contributed by atoms with Crippen LogP contribution in [0, 0.1) is 0 Å². The van der Waals surface area contributed by atoms with Gasteiger partial charge in [-0.15, -0.1) is 0 Å². The molecule has 5 nitrogen and oxygen atoms in total. The lowest BCUT2D eigenvalue weighted by atomic mass is 9.88. The number of carbonyl (C=O) groups excluding carboxylic acids is 2. The van der Waals surface area contributed by atoms with Gasteiger partial charge in [0.2, 0.25) is 11.8 Å². The minimum atomic E-state index is -0.241. The Kier molecular flexibility index (Phi) is 6.90. The highest BCUT2D eigenvalue weighted by atomic mass is 16.2. The zero-order valence-corrected chi connectivity index (χ0v) is 15.5. The first-order valence-electron chi connectivity index (χ1n) is 9.25. The summed E-state index contributed by atoms with van der Waals surface area (Å²) < 4.78 is 0. The summed E-state index contributed by atoms with van der Waals surface area (Å²) in [6.07, 6.45) is 1.96. The van der Waals surface area contributed by atoms with E-state index in [1.807, 2.05) is 78.9 Å². The van der Waals surface area contributed by atoms with Gasteiger partial charge in [-0.2, -0.15) is 0 Å². The molecule has 2 amide bonds. The average molecular weight is 373 g/mol. The molecule has 2 N–H and O–H groups in total. The molecule has 5 heteroatoms. The fraction of sp³-hybridized carbons (Fsp3) is 0.174. The van der Waals surface area contributed by atoms with Crippen LogP contribution in [0.4, 0.5) is 0 Å². The summed E-state index contributed by atoms with van der Waals surface area (Å²) in [5.41, 5.74) is 2.92. The van der Waals surface area contributed by atoms with Crippen molar-refractivity contribution in [2.24, 2.45) is 0 Å². The fourth-order valence-electron chi connectivity index (χ4n) is 2.99. The predicted molar refractivity (Wildman–Crippen MR) is 108 cm³/mol. The molecule has 0 bridgehead atoms. The van der Waals surface area contributed by atoms with Gasteiger partial charge in [0, 0.05) is 18.5 Å². The number of nitrogens with zero attached hydrogens (tertiary/aromatic N) is 1. The maximum Gasteiger partial charge on any atom is 0.239 e. The molecule has 0 aliphatic rings. The van der Waals surface area contributed by atoms with Crippen LogP contribution in [0.25, 0.3) is 0 Å². The number of carbonyl (C=O) groups is 2. The molecule has 0 saturated heterocycles. The molecule has 2 aromatic carbocycles. The minimum Gasteiger partial charge on any atom is -0.349 e. The Labute approximate surface area is 164 Å². The van der Waals surface area contributed by atoms with Gasteiger partial charge in [-0.3, -0.25) is 14.6 Å². The molecule has 3 aromatic rings. The molecule has 1 heterocycles. The lowest BCUT2D eigenvalue weighted by molar-refractivity contribution is -0.126. The van der Waals surface area contributed by atoms with Crippen LogP contribution in [-0.2, 0) is 16.1 Å². The number of benzene rings is 2. The average Bonchev–Trinajstić information content (AvgIpc) is 2.76. The zero-order valence-electron chi connectivity index (χ0n) is 15.5. The molecule has 0 spiro atoms. The first-order valence-corrected chi connectivity index (χ1v) is 9.25. The van der Waals surface area contributed by atoms with E-state index in [0.717, 1.165) is 16.8 Å². The van der Waals surface area contributed by atoms with Gasteiger partial charge < -0.3 is 10.6 Å². The standard InChI is InChI=1S/C23H23N3O2/c27-22(26-17-23(28)25-16-20-13-7-8-14-24-20)15-21(18-9-3-1-4-10-18)19-11-5-2-6-12-19/h1-14,21H,15-17H2,(H,25,28)(H,26,27). The van der Waals surface area contributed by atoms with Crippen LogP contribution >= 0.6 is 0 Å². The van der Waals surface area contributed by atoms with Crippen molar-refractivity contribution < 1.29 is 9.59 Å². The Balaban J connectivity index is 1.54. The molecule has 142 valence electrons. The second-order valence-corrected chi connectivity index (χ2v) is 6.45. The number of amides is 2. The quantitative estimate of drug-likeness (QED) is 0.638. The largest absolute Gasteiger partial charge is 0.349 e. The number of pyridine rings is 1. The maximum absolute atomic E-state index is 12.5. The van der Waals surface area contributed by atoms with E-state index in [9.17, 15) is 9.59 Å². The van der Waals surface area contributed by atoms with Crippen molar-refractivity contribution in [3.63, 3.8) is 0 Å². The third-order valence-electron chi connectivity index (χ3n) is 4.43. The first kappa shape index (κ1) is 19.3. The predicted octanol–water partition coefficient (Wildman–Crippen LogP) is 3.04. The zero-order chi connectivity index (χ0) is 19.6. The third-order valence-corrected chi connectivity index (χ3v) is 4.43. The molecule has 1 aromatic heterocycles. The van der Waals surface area contributed by atoms with E-state index in [1.165, 1.54) is 0 Å². The summed E-state index contributed by atoms with van der Waals surface area (Å²) in [4.78, 5) is 28.6. The van der Waals surface area contributed by atoms with Gasteiger partial charge in [-0.25, -0.2) is 0 Å². The van der Waals surface area contributed by atoms with Crippen molar-refractivity contribution >= 4 is 11.8 Å². The smallest absolute Gasteiger partial charge is 0.239 e. The Morgan fingerprint density at radius 3 is 1.93 bits per heavy atom. The summed E-state index contributed by atoms with van der Waals surface area (Å²) in [6, 6.07) is 25.4. The van der Waals surface area contributed by atoms with Crippen molar-refractivity contribution in [2.75, 3.05) is 6.54 Å². The van der Waals surface area contributed by atoms with E-state index in [2.05, 4.69) is 15.6 Å². The third kappa shape index (κ3) is 5.77. The first-order chi connectivity index (χ1) is 13.7. The van der Waals surface area contributed by atoms with Gasteiger partial charge in [0.15, 0.2) is 0 Å². The number of aromatic nitrogens is 1. The number of hydrogen-bond acceptors (Lipinski definition) is 3. The van der Waals surface area contributed by atoms with Gasteiger partial charge in [0.05, 0.1) is 18.8 Å². The fourth-order valence-corrected chi connectivity index (χ4v) is 2.99. The number of nitrogens with one attached hydrogen (secondary N) is 2. The van der Waals surface area contributed by atoms with Crippen LogP contribution in [0.1, 0.15) is 29.2 Å². The van der Waals surface area contributed by atoms with Crippen LogP contribution in [0.2, 0.25) is 0 Å². The Morgan fingerprint density at radius 1 is 0.750 bits per heavy atom. The minimum absolute atomic E-state index is 0.0536. The van der Waals surface area contributed by atoms with Crippen molar-refractivity contribution in [3.05, 3.63) is 102 Å². The van der Waals surface area contributed by atoms with Gasteiger partial charge >= 0.3 is 0 Å². The van der Waals surface area contributed by atoms with Gasteiger partial charge in [0.1, 0.15) is 0 Å². The highest BCUT2D eigenvalue weighted by Crippen LogP contribution is 2.27. The normalized spacial score (nSPS) is 10.5. The molecule has 0 atom stereocenters. The number of hydrogen-bond donors (Lipinski definition) is 2. The van der Waals surface area contributed by atoms with Gasteiger partial charge in [-0.05, 0) is 23.3 Å². The summed E-state index contributed by atoms with van der Waals surface area (Å²) in [7, 11) is 0. The van der Waals surface area contributed by atoms with Gasteiger partial charge in [0.25, 0.3) is 0 Å². The summed E-state index contributed by atoms with van der Waals surface area (Å²) >= 11 is 0. The molecule has 0 aliphatic carbocycles. The molecule has 0 unspecified atom stereocenters. The van der Waals surface area contributed by atoms with E-state index in [4.69, 9.17) is 0 Å². The lowest BCUT2D eigenvalue weighted by Crippen LogP contribution is -2.37. The van der Waals surface area contributed by atoms with Crippen LogP contribution in [0.3, 0.4) is 0 Å². The highest BCUT2D eigenvalue weighted by Gasteiger charge is 2.18. The van der Waals surface area contributed by atoms with Crippen molar-refractivity contribution in [1.29, 1.82) is 0 Å². The van der Waals surface area contributed by atoms with Crippen LogP contribution in [-0.4, -0.2) is 23.3 Å². The summed E-state index contributed by atoms with van der Waals surface area (Å²) in [5, 5.41) is 5.47. The van der Waals surface area contributed by atoms with E-state index in [-0.39, 0.29) is 30.7 Å². The van der Waals surface area contributed by atoms with Crippen LogP contribution in [0.15, 0.2) is 85.1 Å². The Bertz CT molecular complexity index is 844. The summed E-state index contributed by atoms with van der Waals surface area (Å²) in [6.45, 7) is 0.286. The molecule has 0 fully saturated rings. The monoisotopic (exact) mass is 373 g/mol. The molecular weight excluding hydrogens is 350 g/mol. The topological polar surface area (TPSA) is 71.1 Å². The molecule has 0 saturated carbocycles. The molecule has 28 heavy (non-hydrogen) atoms. The Morgan fingerprint density at radius 2 is 1.36 bits per heavy atom. The second-order valence-electron chi connectivity index (χ2n) is 6.45. The highest BCUT2D eigenvalue weighted by molar-refractivity contribution is 5.85. The SMILES string of the molecule is O=C(CNC(=O)CC(c1ccccc1)c1ccccc1)NCc1ccccn1. The maximum atomic E-state index is 12.5. The van der Waals surface area contributed by atoms with Crippen molar-refractivity contribution in [2.45, 2.75) is 18.9 Å². The van der Waals surface area contributed by atoms with E-state index in [1.54, 1.807) is 6.20 Å². The lowest BCUT2D eigenvalue weighted by Gasteiger charge is -2.18. The molecule has 0 aliphatic heterocycles. The summed E-state index contributed by atoms with van der Waals surface area (Å²) in [5.74, 6) is -0.459. The van der Waals surface area contributed by atoms with Gasteiger partial charge in [-0.1, -0.05) is 66.7 Å². The number of rotatable bonds is 8.